The molecular weight excluding hydrogens is 190 g/mol. The van der Waals surface area contributed by atoms with Gasteiger partial charge in [0.15, 0.2) is 0 Å². The Balaban J connectivity index is 2.85. The van der Waals surface area contributed by atoms with Gasteiger partial charge in [-0.25, -0.2) is 0 Å². The Kier molecular flexibility index (Phi) is 3.73. The van der Waals surface area contributed by atoms with Gasteiger partial charge in [0.1, 0.15) is 0 Å². The van der Waals surface area contributed by atoms with Crippen LogP contribution in [0.5, 0.6) is 0 Å². The zero-order valence-electron chi connectivity index (χ0n) is 9.90. The molecule has 1 aromatic heterocycles. The van der Waals surface area contributed by atoms with Gasteiger partial charge in [0.2, 0.25) is 0 Å². The molecule has 0 fully saturated rings. The van der Waals surface area contributed by atoms with Gasteiger partial charge < -0.3 is 5.32 Å². The highest BCUT2D eigenvalue weighted by Crippen LogP contribution is 2.35. The lowest BCUT2D eigenvalue weighted by Gasteiger charge is -2.24. The largest absolute Gasteiger partial charge is 0.320 e. The molecule has 0 saturated heterocycles. The van der Waals surface area contributed by atoms with E-state index in [-0.39, 0.29) is 0 Å². The van der Waals surface area contributed by atoms with Gasteiger partial charge in [-0.15, -0.1) is 11.3 Å². The van der Waals surface area contributed by atoms with E-state index >= 15 is 0 Å². The van der Waals surface area contributed by atoms with Crippen molar-refractivity contribution < 1.29 is 0 Å². The minimum absolute atomic E-state index is 0.312. The number of hydrogen-bond acceptors (Lipinski definition) is 2. The molecule has 0 spiro atoms. The van der Waals surface area contributed by atoms with Crippen molar-refractivity contribution in [3.05, 3.63) is 21.4 Å². The lowest BCUT2D eigenvalue weighted by molar-refractivity contribution is 0.475. The Morgan fingerprint density at radius 3 is 2.43 bits per heavy atom. The topological polar surface area (TPSA) is 12.0 Å². The molecule has 1 N–H and O–H groups in total. The molecule has 80 valence electrons. The second-order valence-electron chi connectivity index (χ2n) is 4.61. The molecule has 1 rings (SSSR count). The molecule has 14 heavy (non-hydrogen) atoms. The summed E-state index contributed by atoms with van der Waals surface area (Å²) >= 11 is 1.94. The van der Waals surface area contributed by atoms with Crippen molar-refractivity contribution in [2.75, 3.05) is 13.6 Å². The van der Waals surface area contributed by atoms with Crippen LogP contribution in [0.1, 0.15) is 35.6 Å². The predicted molar refractivity (Wildman–Crippen MR) is 65.4 cm³/mol. The summed E-state index contributed by atoms with van der Waals surface area (Å²) in [5, 5.41) is 3.22. The van der Waals surface area contributed by atoms with E-state index in [0.717, 1.165) is 6.54 Å². The highest BCUT2D eigenvalue weighted by Gasteiger charge is 2.23. The van der Waals surface area contributed by atoms with E-state index < -0.39 is 0 Å². The van der Waals surface area contributed by atoms with Gasteiger partial charge in [-0.1, -0.05) is 13.8 Å². The number of rotatable bonds is 4. The van der Waals surface area contributed by atoms with Crippen LogP contribution in [0, 0.1) is 13.8 Å². The van der Waals surface area contributed by atoms with Gasteiger partial charge in [-0.2, -0.15) is 0 Å². The van der Waals surface area contributed by atoms with Crippen LogP contribution in [0.2, 0.25) is 0 Å². The summed E-state index contributed by atoms with van der Waals surface area (Å²) < 4.78 is 0. The van der Waals surface area contributed by atoms with Crippen molar-refractivity contribution in [2.24, 2.45) is 0 Å². The summed E-state index contributed by atoms with van der Waals surface area (Å²) in [6, 6.07) is 2.29. The smallest absolute Gasteiger partial charge is 0.0134 e. The average Bonchev–Trinajstić information content (AvgIpc) is 2.42. The molecule has 0 aliphatic heterocycles. The van der Waals surface area contributed by atoms with Crippen LogP contribution >= 0.6 is 11.3 Å². The first-order valence-electron chi connectivity index (χ1n) is 5.19. The molecular formula is C12H21NS. The van der Waals surface area contributed by atoms with Gasteiger partial charge in [-0.3, -0.25) is 0 Å². The standard InChI is InChI=1S/C12H21NS/c1-9-8-10(2)14-11(9)12(3,4)6-7-13-5/h8,13H,6-7H2,1-5H3. The van der Waals surface area contributed by atoms with Crippen molar-refractivity contribution in [2.45, 2.75) is 39.5 Å². The molecule has 1 aromatic rings. The van der Waals surface area contributed by atoms with Crippen molar-refractivity contribution in [3.63, 3.8) is 0 Å². The van der Waals surface area contributed by atoms with Crippen LogP contribution in [0.3, 0.4) is 0 Å². The molecule has 0 aliphatic carbocycles. The van der Waals surface area contributed by atoms with Crippen molar-refractivity contribution in [3.8, 4) is 0 Å². The third-order valence-electron chi connectivity index (χ3n) is 2.66. The quantitative estimate of drug-likeness (QED) is 0.806. The Labute approximate surface area is 91.5 Å². The minimum atomic E-state index is 0.312. The van der Waals surface area contributed by atoms with Crippen LogP contribution in [-0.2, 0) is 5.41 Å². The monoisotopic (exact) mass is 211 g/mol. The zero-order valence-corrected chi connectivity index (χ0v) is 10.7. The third kappa shape index (κ3) is 2.58. The summed E-state index contributed by atoms with van der Waals surface area (Å²) in [6.07, 6.45) is 1.20. The van der Waals surface area contributed by atoms with Crippen molar-refractivity contribution in [1.82, 2.24) is 5.32 Å². The molecule has 0 bridgehead atoms. The second kappa shape index (κ2) is 4.45. The van der Waals surface area contributed by atoms with Gasteiger partial charge in [0.25, 0.3) is 0 Å². The molecule has 0 radical (unpaired) electrons. The predicted octanol–water partition coefficient (Wildman–Crippen LogP) is 3.25. The SMILES string of the molecule is CNCCC(C)(C)c1sc(C)cc1C. The molecule has 0 unspecified atom stereocenters. The maximum absolute atomic E-state index is 3.22. The summed E-state index contributed by atoms with van der Waals surface area (Å²) in [5.74, 6) is 0. The van der Waals surface area contributed by atoms with Gasteiger partial charge in [0, 0.05) is 15.2 Å². The molecule has 0 aromatic carbocycles. The molecule has 0 atom stereocenters. The molecule has 0 amide bonds. The molecule has 0 aliphatic rings. The first-order chi connectivity index (χ1) is 6.47. The second-order valence-corrected chi connectivity index (χ2v) is 5.86. The first-order valence-corrected chi connectivity index (χ1v) is 6.01. The summed E-state index contributed by atoms with van der Waals surface area (Å²) in [4.78, 5) is 2.97. The van der Waals surface area contributed by atoms with Gasteiger partial charge >= 0.3 is 0 Å². The zero-order chi connectivity index (χ0) is 10.8. The van der Waals surface area contributed by atoms with Crippen molar-refractivity contribution >= 4 is 11.3 Å². The van der Waals surface area contributed by atoms with E-state index in [4.69, 9.17) is 0 Å². The van der Waals surface area contributed by atoms with Crippen molar-refractivity contribution in [1.29, 1.82) is 0 Å². The normalized spacial score (nSPS) is 12.1. The Bertz CT molecular complexity index is 299. The fourth-order valence-electron chi connectivity index (χ4n) is 1.86. The van der Waals surface area contributed by atoms with Crippen LogP contribution in [0.4, 0.5) is 0 Å². The molecule has 0 saturated carbocycles. The summed E-state index contributed by atoms with van der Waals surface area (Å²) in [5.41, 5.74) is 1.76. The molecule has 1 nitrogen and oxygen atoms in total. The van der Waals surface area contributed by atoms with E-state index in [9.17, 15) is 0 Å². The third-order valence-corrected chi connectivity index (χ3v) is 4.17. The fourth-order valence-corrected chi connectivity index (χ4v) is 3.02. The van der Waals surface area contributed by atoms with E-state index in [1.165, 1.54) is 16.9 Å². The number of nitrogens with one attached hydrogen (secondary N) is 1. The Morgan fingerprint density at radius 1 is 1.36 bits per heavy atom. The van der Waals surface area contributed by atoms with E-state index in [0.29, 0.717) is 5.41 Å². The Morgan fingerprint density at radius 2 is 2.00 bits per heavy atom. The Hall–Kier alpha value is -0.340. The van der Waals surface area contributed by atoms with Crippen LogP contribution < -0.4 is 5.32 Å². The highest BCUT2D eigenvalue weighted by atomic mass is 32.1. The molecule has 2 heteroatoms. The maximum atomic E-state index is 3.22. The highest BCUT2D eigenvalue weighted by molar-refractivity contribution is 7.12. The number of aryl methyl sites for hydroxylation is 2. The fraction of sp³-hybridized carbons (Fsp3) is 0.667. The van der Waals surface area contributed by atoms with E-state index in [1.54, 1.807) is 4.88 Å². The average molecular weight is 211 g/mol. The minimum Gasteiger partial charge on any atom is -0.320 e. The lowest BCUT2D eigenvalue weighted by atomic mass is 9.86. The first kappa shape index (κ1) is 11.7. The van der Waals surface area contributed by atoms with Gasteiger partial charge in [-0.05, 0) is 45.5 Å². The number of hydrogen-bond donors (Lipinski definition) is 1. The van der Waals surface area contributed by atoms with Crippen LogP contribution in [0.15, 0.2) is 6.07 Å². The maximum Gasteiger partial charge on any atom is 0.0134 e. The van der Waals surface area contributed by atoms with E-state index in [1.807, 2.05) is 18.4 Å². The number of thiophene rings is 1. The van der Waals surface area contributed by atoms with Gasteiger partial charge in [0.05, 0.1) is 0 Å². The summed E-state index contributed by atoms with van der Waals surface area (Å²) in [6.45, 7) is 10.2. The van der Waals surface area contributed by atoms with E-state index in [2.05, 4.69) is 39.1 Å². The lowest BCUT2D eigenvalue weighted by Crippen LogP contribution is -2.23. The van der Waals surface area contributed by atoms with Crippen LogP contribution in [-0.4, -0.2) is 13.6 Å². The summed E-state index contributed by atoms with van der Waals surface area (Å²) in [7, 11) is 2.02. The van der Waals surface area contributed by atoms with Crippen LogP contribution in [0.25, 0.3) is 0 Å². The molecule has 1 heterocycles.